The Kier molecular flexibility index (Phi) is 2.60. The highest BCUT2D eigenvalue weighted by Crippen LogP contribution is 2.29. The van der Waals surface area contributed by atoms with E-state index >= 15 is 0 Å². The summed E-state index contributed by atoms with van der Waals surface area (Å²) >= 11 is 0. The summed E-state index contributed by atoms with van der Waals surface area (Å²) in [5.41, 5.74) is 4.85. The third kappa shape index (κ3) is 1.89. The lowest BCUT2D eigenvalue weighted by atomic mass is 10.1. The number of anilines is 1. The fraction of sp³-hybridized carbons (Fsp3) is 0.308. The maximum atomic E-state index is 7.02. The third-order valence-corrected chi connectivity index (χ3v) is 3.23. The molecule has 3 N–H and O–H groups in total. The van der Waals surface area contributed by atoms with Gasteiger partial charge in [0, 0.05) is 12.1 Å². The van der Waals surface area contributed by atoms with Crippen molar-refractivity contribution < 1.29 is 0 Å². The quantitative estimate of drug-likeness (QED) is 0.683. The Labute approximate surface area is 110 Å². The van der Waals surface area contributed by atoms with Crippen LogP contribution in [-0.2, 0) is 0 Å². The molecule has 3 rings (SSSR count). The van der Waals surface area contributed by atoms with Crippen molar-refractivity contribution in [2.75, 3.05) is 18.4 Å². The number of aromatic nitrogens is 2. The fourth-order valence-corrected chi connectivity index (χ4v) is 2.31. The minimum atomic E-state index is 0.325. The summed E-state index contributed by atoms with van der Waals surface area (Å²) in [5.74, 6) is 1.12. The molecule has 1 aromatic heterocycles. The van der Waals surface area contributed by atoms with E-state index in [0.29, 0.717) is 5.95 Å². The number of imidazole rings is 1. The van der Waals surface area contributed by atoms with Crippen molar-refractivity contribution >= 4 is 28.6 Å². The zero-order valence-electron chi connectivity index (χ0n) is 10.8. The van der Waals surface area contributed by atoms with E-state index in [2.05, 4.69) is 30.4 Å². The lowest BCUT2D eigenvalue weighted by molar-refractivity contribution is 0.959. The minimum Gasteiger partial charge on any atom is -0.397 e. The highest BCUT2D eigenvalue weighted by Gasteiger charge is 2.16. The molecule has 0 radical (unpaired) electrons. The molecule has 0 amide bonds. The number of fused-ring (bicyclic) bond motifs is 1. The third-order valence-electron chi connectivity index (χ3n) is 3.23. The van der Waals surface area contributed by atoms with Crippen LogP contribution in [0.25, 0.3) is 15.9 Å². The van der Waals surface area contributed by atoms with Crippen LogP contribution < -0.4 is 10.6 Å². The number of rotatable bonds is 1. The average Bonchev–Trinajstić information content (AvgIpc) is 3.03. The van der Waals surface area contributed by atoms with Crippen molar-refractivity contribution in [3.63, 3.8) is 0 Å². The number of benzene rings is 1. The highest BCUT2D eigenvalue weighted by atomic mass is 15.2. The molecule has 6 heteroatoms. The molecule has 6 nitrogen and oxygen atoms in total. The number of aryl methyl sites for hydroxylation is 2. The number of H-pyrrole nitrogens is 1. The van der Waals surface area contributed by atoms with Crippen LogP contribution in [0.3, 0.4) is 0 Å². The summed E-state index contributed by atoms with van der Waals surface area (Å²) in [6, 6.07) is 2.00. The van der Waals surface area contributed by atoms with Crippen LogP contribution in [0.1, 0.15) is 11.1 Å². The molecule has 1 aromatic carbocycles. The number of aromatic amines is 1. The molecular formula is C13H14N6. The molecule has 0 saturated heterocycles. The van der Waals surface area contributed by atoms with E-state index in [1.54, 1.807) is 0 Å². The molecule has 1 aliphatic heterocycles. The van der Waals surface area contributed by atoms with Crippen molar-refractivity contribution in [3.05, 3.63) is 28.6 Å². The first-order chi connectivity index (χ1) is 9.19. The normalized spacial score (nSPS) is 14.1. The standard InChI is InChI=1S/C13H14N6/c1-7-6-9-11(19-12(14-3)17-9)8(2)10(7)18-13-15-4-5-16-13/h6H,4-5H2,1-2H3,(H,17,19)(H2,15,16,18). The summed E-state index contributed by atoms with van der Waals surface area (Å²) in [6.45, 7) is 12.7. The first kappa shape index (κ1) is 11.5. The average molecular weight is 254 g/mol. The van der Waals surface area contributed by atoms with Crippen molar-refractivity contribution in [3.8, 4) is 0 Å². The number of hydrogen-bond donors (Lipinski definition) is 3. The van der Waals surface area contributed by atoms with Gasteiger partial charge in [-0.05, 0) is 25.5 Å². The monoisotopic (exact) mass is 254 g/mol. The Morgan fingerprint density at radius 3 is 2.95 bits per heavy atom. The number of nitrogens with one attached hydrogen (secondary N) is 3. The Balaban J connectivity index is 2.11. The lowest BCUT2D eigenvalue weighted by Gasteiger charge is -2.12. The molecule has 96 valence electrons. The van der Waals surface area contributed by atoms with Crippen molar-refractivity contribution in [2.24, 2.45) is 4.99 Å². The first-order valence-electron chi connectivity index (χ1n) is 6.12. The summed E-state index contributed by atoms with van der Waals surface area (Å²) in [7, 11) is 0. The number of nitrogens with zero attached hydrogens (tertiary/aromatic N) is 3. The van der Waals surface area contributed by atoms with Gasteiger partial charge in [0.05, 0.1) is 12.2 Å². The van der Waals surface area contributed by atoms with Crippen molar-refractivity contribution in [2.45, 2.75) is 13.8 Å². The van der Waals surface area contributed by atoms with Crippen molar-refractivity contribution in [1.82, 2.24) is 15.3 Å². The lowest BCUT2D eigenvalue weighted by Crippen LogP contribution is -2.26. The minimum absolute atomic E-state index is 0.325. The second-order valence-corrected chi connectivity index (χ2v) is 4.54. The zero-order chi connectivity index (χ0) is 13.4. The van der Waals surface area contributed by atoms with Crippen LogP contribution >= 0.6 is 0 Å². The van der Waals surface area contributed by atoms with Gasteiger partial charge >= 0.3 is 5.95 Å². The largest absolute Gasteiger partial charge is 0.397 e. The summed E-state index contributed by atoms with van der Waals surface area (Å²) in [5, 5.41) is 6.49. The van der Waals surface area contributed by atoms with Gasteiger partial charge < -0.3 is 20.5 Å². The summed E-state index contributed by atoms with van der Waals surface area (Å²) < 4.78 is 0. The van der Waals surface area contributed by atoms with Gasteiger partial charge in [0.15, 0.2) is 11.5 Å². The highest BCUT2D eigenvalue weighted by molar-refractivity contribution is 5.99. The van der Waals surface area contributed by atoms with Gasteiger partial charge in [0.1, 0.15) is 5.52 Å². The van der Waals surface area contributed by atoms with Gasteiger partial charge in [-0.15, -0.1) is 11.6 Å². The maximum Gasteiger partial charge on any atom is 0.337 e. The fourth-order valence-electron chi connectivity index (χ4n) is 2.31. The molecule has 2 heterocycles. The van der Waals surface area contributed by atoms with Crippen LogP contribution in [0.2, 0.25) is 0 Å². The van der Waals surface area contributed by atoms with Crippen LogP contribution in [0.4, 0.5) is 11.6 Å². The van der Waals surface area contributed by atoms with Crippen LogP contribution in [0.15, 0.2) is 11.1 Å². The topological polar surface area (TPSA) is 69.5 Å². The Morgan fingerprint density at radius 1 is 1.42 bits per heavy atom. The molecule has 1 aliphatic rings. The van der Waals surface area contributed by atoms with Crippen LogP contribution in [0, 0.1) is 20.4 Å². The molecule has 19 heavy (non-hydrogen) atoms. The van der Waals surface area contributed by atoms with Crippen LogP contribution in [-0.4, -0.2) is 29.0 Å². The number of aliphatic imine (C=N–C) groups is 1. The molecule has 0 atom stereocenters. The smallest absolute Gasteiger partial charge is 0.337 e. The van der Waals surface area contributed by atoms with Crippen LogP contribution in [0.5, 0.6) is 0 Å². The predicted octanol–water partition coefficient (Wildman–Crippen LogP) is 2.10. The van der Waals surface area contributed by atoms with Gasteiger partial charge in [-0.1, -0.05) is 0 Å². The Morgan fingerprint density at radius 2 is 2.26 bits per heavy atom. The van der Waals surface area contributed by atoms with Gasteiger partial charge in [-0.2, -0.15) is 0 Å². The molecule has 2 aromatic rings. The summed E-state index contributed by atoms with van der Waals surface area (Å²) in [6.07, 6.45) is 0. The molecule has 0 unspecified atom stereocenters. The molecule has 0 spiro atoms. The van der Waals surface area contributed by atoms with E-state index in [1.165, 1.54) is 0 Å². The van der Waals surface area contributed by atoms with Gasteiger partial charge in [-0.3, -0.25) is 4.99 Å². The second kappa shape index (κ2) is 4.28. The predicted molar refractivity (Wildman–Crippen MR) is 75.8 cm³/mol. The van der Waals surface area contributed by atoms with E-state index in [-0.39, 0.29) is 0 Å². The Hall–Kier alpha value is -2.55. The van der Waals surface area contributed by atoms with Gasteiger partial charge in [0.25, 0.3) is 0 Å². The second-order valence-electron chi connectivity index (χ2n) is 4.54. The van der Waals surface area contributed by atoms with E-state index < -0.39 is 0 Å². The summed E-state index contributed by atoms with van der Waals surface area (Å²) in [4.78, 5) is 15.0. The zero-order valence-corrected chi connectivity index (χ0v) is 10.8. The molecule has 0 fully saturated rings. The van der Waals surface area contributed by atoms with E-state index in [4.69, 9.17) is 6.57 Å². The maximum absolute atomic E-state index is 7.02. The van der Waals surface area contributed by atoms with E-state index in [0.717, 1.165) is 46.9 Å². The van der Waals surface area contributed by atoms with Crippen molar-refractivity contribution in [1.29, 1.82) is 0 Å². The SMILES string of the molecule is [C-]#[N+]c1nc2c(C)c(NC3=NCCN3)c(C)cc2[nH]1. The number of hydrogen-bond acceptors (Lipinski definition) is 4. The number of guanidine groups is 1. The molecule has 0 saturated carbocycles. The van der Waals surface area contributed by atoms with Gasteiger partial charge in [0.2, 0.25) is 0 Å². The molecule has 0 bridgehead atoms. The van der Waals surface area contributed by atoms with Gasteiger partial charge in [-0.25, -0.2) is 0 Å². The van der Waals surface area contributed by atoms with E-state index in [9.17, 15) is 0 Å². The first-order valence-corrected chi connectivity index (χ1v) is 6.12. The Bertz CT molecular complexity index is 719. The molecular weight excluding hydrogens is 240 g/mol. The van der Waals surface area contributed by atoms with E-state index in [1.807, 2.05) is 19.9 Å². The molecule has 0 aliphatic carbocycles.